The Labute approximate surface area is 142 Å². The Kier molecular flexibility index (Phi) is 4.88. The van der Waals surface area contributed by atoms with Gasteiger partial charge in [0.15, 0.2) is 0 Å². The van der Waals surface area contributed by atoms with Crippen LogP contribution in [0.2, 0.25) is 0 Å². The number of amides is 2. The van der Waals surface area contributed by atoms with Crippen molar-refractivity contribution in [3.63, 3.8) is 0 Å². The summed E-state index contributed by atoms with van der Waals surface area (Å²) in [6.07, 6.45) is 3.00. The van der Waals surface area contributed by atoms with E-state index in [-0.39, 0.29) is 23.5 Å². The summed E-state index contributed by atoms with van der Waals surface area (Å²) < 4.78 is 14.4. The lowest BCUT2D eigenvalue weighted by atomic mass is 9.82. The molecule has 24 heavy (non-hydrogen) atoms. The largest absolute Gasteiger partial charge is 0.342 e. The molecular formula is C19H25FN2O2. The Hall–Kier alpha value is -1.91. The van der Waals surface area contributed by atoms with Crippen molar-refractivity contribution >= 4 is 11.8 Å². The van der Waals surface area contributed by atoms with E-state index < -0.39 is 6.04 Å². The third kappa shape index (κ3) is 3.17. The zero-order valence-corrected chi connectivity index (χ0v) is 14.4. The maximum atomic E-state index is 14.4. The van der Waals surface area contributed by atoms with Gasteiger partial charge in [0.25, 0.3) is 0 Å². The van der Waals surface area contributed by atoms with Gasteiger partial charge >= 0.3 is 0 Å². The molecule has 0 N–H and O–H groups in total. The quantitative estimate of drug-likeness (QED) is 0.835. The molecule has 3 unspecified atom stereocenters. The van der Waals surface area contributed by atoms with Gasteiger partial charge in [-0.05, 0) is 31.2 Å². The summed E-state index contributed by atoms with van der Waals surface area (Å²) in [5.74, 6) is -0.185. The molecule has 2 heterocycles. The number of nitrogens with zero attached hydrogens (tertiary/aromatic N) is 2. The van der Waals surface area contributed by atoms with Gasteiger partial charge in [0.2, 0.25) is 11.8 Å². The highest BCUT2D eigenvalue weighted by molar-refractivity contribution is 5.85. The number of likely N-dealkylation sites (tertiary alicyclic amines) is 2. The number of piperidine rings is 2. The van der Waals surface area contributed by atoms with Crippen molar-refractivity contribution in [2.75, 3.05) is 20.1 Å². The second kappa shape index (κ2) is 6.91. The first-order valence-electron chi connectivity index (χ1n) is 8.78. The molecule has 5 heteroatoms. The highest BCUT2D eigenvalue weighted by atomic mass is 19.1. The highest BCUT2D eigenvalue weighted by Crippen LogP contribution is 2.38. The van der Waals surface area contributed by atoms with Crippen molar-refractivity contribution in [2.45, 2.75) is 38.6 Å². The molecule has 0 aliphatic carbocycles. The molecule has 4 nitrogen and oxygen atoms in total. The molecule has 2 amide bonds. The Balaban J connectivity index is 1.90. The molecule has 0 radical (unpaired) electrons. The molecule has 1 aromatic rings. The molecule has 3 atom stereocenters. The molecule has 0 spiro atoms. The van der Waals surface area contributed by atoms with Gasteiger partial charge in [0, 0.05) is 32.1 Å². The summed E-state index contributed by atoms with van der Waals surface area (Å²) in [6.45, 7) is 3.68. The van der Waals surface area contributed by atoms with E-state index in [2.05, 4.69) is 6.92 Å². The van der Waals surface area contributed by atoms with Crippen molar-refractivity contribution in [3.8, 4) is 0 Å². The van der Waals surface area contributed by atoms with Gasteiger partial charge < -0.3 is 9.80 Å². The van der Waals surface area contributed by atoms with Crippen LogP contribution in [0.5, 0.6) is 0 Å². The number of carbonyl (C=O) groups is 2. The lowest BCUT2D eigenvalue weighted by Gasteiger charge is -2.42. The Morgan fingerprint density at radius 1 is 1.25 bits per heavy atom. The Bertz CT molecular complexity index is 634. The van der Waals surface area contributed by atoms with Crippen LogP contribution in [0.1, 0.15) is 44.2 Å². The molecule has 2 aliphatic rings. The number of hydrogen-bond donors (Lipinski definition) is 0. The van der Waals surface area contributed by atoms with Crippen LogP contribution in [-0.4, -0.2) is 41.8 Å². The topological polar surface area (TPSA) is 40.6 Å². The third-order valence-corrected chi connectivity index (χ3v) is 5.37. The van der Waals surface area contributed by atoms with Crippen molar-refractivity contribution in [1.29, 1.82) is 0 Å². The SMILES string of the molecule is CC1CCCN(C(=O)C2CCC(=O)N(C)C2c2ccccc2F)C1. The second-order valence-electron chi connectivity index (χ2n) is 7.15. The fourth-order valence-electron chi connectivity index (χ4n) is 4.06. The van der Waals surface area contributed by atoms with Crippen molar-refractivity contribution in [3.05, 3.63) is 35.6 Å². The van der Waals surface area contributed by atoms with Crippen molar-refractivity contribution in [2.24, 2.45) is 11.8 Å². The van der Waals surface area contributed by atoms with Gasteiger partial charge in [-0.1, -0.05) is 25.1 Å². The standard InChI is InChI=1S/C19H25FN2O2/c1-13-6-5-11-22(12-13)19(24)15-9-10-17(23)21(2)18(15)14-7-3-4-8-16(14)20/h3-4,7-8,13,15,18H,5-6,9-12H2,1-2H3. The predicted octanol–water partition coefficient (Wildman–Crippen LogP) is 2.99. The molecule has 0 saturated carbocycles. The maximum Gasteiger partial charge on any atom is 0.228 e. The van der Waals surface area contributed by atoms with Gasteiger partial charge in [-0.3, -0.25) is 9.59 Å². The average molecular weight is 332 g/mol. The number of halogens is 1. The van der Waals surface area contributed by atoms with E-state index >= 15 is 0 Å². The molecular weight excluding hydrogens is 307 g/mol. The maximum absolute atomic E-state index is 14.4. The number of rotatable bonds is 2. The van der Waals surface area contributed by atoms with Crippen LogP contribution in [0.3, 0.4) is 0 Å². The summed E-state index contributed by atoms with van der Waals surface area (Å²) in [6, 6.07) is 5.96. The van der Waals surface area contributed by atoms with Crippen LogP contribution in [-0.2, 0) is 9.59 Å². The molecule has 2 fully saturated rings. The number of carbonyl (C=O) groups excluding carboxylic acids is 2. The molecule has 0 aromatic heterocycles. The van der Waals surface area contributed by atoms with Crippen LogP contribution < -0.4 is 0 Å². The number of benzene rings is 1. The minimum absolute atomic E-state index is 0.0284. The van der Waals surface area contributed by atoms with Crippen LogP contribution in [0, 0.1) is 17.7 Å². The summed E-state index contributed by atoms with van der Waals surface area (Å²) in [5.41, 5.74) is 0.441. The lowest BCUT2D eigenvalue weighted by Crippen LogP contribution is -2.49. The highest BCUT2D eigenvalue weighted by Gasteiger charge is 2.42. The fraction of sp³-hybridized carbons (Fsp3) is 0.579. The first-order valence-corrected chi connectivity index (χ1v) is 8.78. The van der Waals surface area contributed by atoms with Gasteiger partial charge in [-0.25, -0.2) is 4.39 Å². The van der Waals surface area contributed by atoms with Gasteiger partial charge in [-0.15, -0.1) is 0 Å². The van der Waals surface area contributed by atoms with E-state index in [0.717, 1.165) is 25.9 Å². The smallest absolute Gasteiger partial charge is 0.228 e. The summed E-state index contributed by atoms with van der Waals surface area (Å²) in [5, 5.41) is 0. The van der Waals surface area contributed by atoms with E-state index in [1.807, 2.05) is 4.90 Å². The number of hydrogen-bond acceptors (Lipinski definition) is 2. The second-order valence-corrected chi connectivity index (χ2v) is 7.15. The van der Waals surface area contributed by atoms with E-state index in [1.165, 1.54) is 6.07 Å². The lowest BCUT2D eigenvalue weighted by molar-refractivity contribution is -0.147. The third-order valence-electron chi connectivity index (χ3n) is 5.37. The molecule has 130 valence electrons. The zero-order chi connectivity index (χ0) is 17.3. The first-order chi connectivity index (χ1) is 11.5. The van der Waals surface area contributed by atoms with Gasteiger partial charge in [-0.2, -0.15) is 0 Å². The van der Waals surface area contributed by atoms with Gasteiger partial charge in [0.05, 0.1) is 12.0 Å². The summed E-state index contributed by atoms with van der Waals surface area (Å²) in [7, 11) is 1.68. The van der Waals surface area contributed by atoms with E-state index in [1.54, 1.807) is 30.1 Å². The first kappa shape index (κ1) is 16.9. The van der Waals surface area contributed by atoms with E-state index in [4.69, 9.17) is 0 Å². The zero-order valence-electron chi connectivity index (χ0n) is 14.4. The van der Waals surface area contributed by atoms with E-state index in [9.17, 15) is 14.0 Å². The molecule has 0 bridgehead atoms. The molecule has 2 saturated heterocycles. The molecule has 3 rings (SSSR count). The Morgan fingerprint density at radius 3 is 2.71 bits per heavy atom. The Morgan fingerprint density at radius 2 is 2.00 bits per heavy atom. The van der Waals surface area contributed by atoms with Crippen LogP contribution in [0.15, 0.2) is 24.3 Å². The van der Waals surface area contributed by atoms with Crippen molar-refractivity contribution < 1.29 is 14.0 Å². The molecule has 1 aromatic carbocycles. The van der Waals surface area contributed by atoms with E-state index in [0.29, 0.717) is 24.3 Å². The van der Waals surface area contributed by atoms with Gasteiger partial charge in [0.1, 0.15) is 5.82 Å². The average Bonchev–Trinajstić information content (AvgIpc) is 2.57. The minimum Gasteiger partial charge on any atom is -0.342 e. The fourth-order valence-corrected chi connectivity index (χ4v) is 4.06. The monoisotopic (exact) mass is 332 g/mol. The van der Waals surface area contributed by atoms with Crippen LogP contribution in [0.4, 0.5) is 4.39 Å². The normalized spacial score (nSPS) is 28.1. The van der Waals surface area contributed by atoms with Crippen LogP contribution >= 0.6 is 0 Å². The summed E-state index contributed by atoms with van der Waals surface area (Å²) >= 11 is 0. The minimum atomic E-state index is -0.516. The van der Waals surface area contributed by atoms with Crippen LogP contribution in [0.25, 0.3) is 0 Å². The molecule has 2 aliphatic heterocycles. The predicted molar refractivity (Wildman–Crippen MR) is 89.6 cm³/mol. The summed E-state index contributed by atoms with van der Waals surface area (Å²) in [4.78, 5) is 28.7. The van der Waals surface area contributed by atoms with Crippen molar-refractivity contribution in [1.82, 2.24) is 9.80 Å².